The molecule has 0 saturated heterocycles. The van der Waals surface area contributed by atoms with Gasteiger partial charge in [-0.05, 0) is 66.1 Å². The van der Waals surface area contributed by atoms with Crippen LogP contribution in [-0.2, 0) is 4.79 Å². The number of benzene rings is 2. The van der Waals surface area contributed by atoms with E-state index in [1.807, 2.05) is 30.3 Å². The van der Waals surface area contributed by atoms with E-state index in [-0.39, 0.29) is 17.2 Å². The smallest absolute Gasteiger partial charge is 0.267 e. The summed E-state index contributed by atoms with van der Waals surface area (Å²) in [6.07, 6.45) is 2.25. The first-order valence-corrected chi connectivity index (χ1v) is 12.1. The van der Waals surface area contributed by atoms with Crippen LogP contribution < -0.4 is 10.9 Å². The van der Waals surface area contributed by atoms with Gasteiger partial charge in [-0.3, -0.25) is 14.2 Å². The van der Waals surface area contributed by atoms with Crippen molar-refractivity contribution in [3.8, 4) is 5.69 Å². The highest BCUT2D eigenvalue weighted by atomic mass is 35.5. The molecule has 156 valence electrons. The Labute approximate surface area is 192 Å². The Morgan fingerprint density at radius 3 is 2.61 bits per heavy atom. The molecular weight excluding hydrogens is 450 g/mol. The van der Waals surface area contributed by atoms with Crippen molar-refractivity contribution in [3.05, 3.63) is 80.9 Å². The van der Waals surface area contributed by atoms with Gasteiger partial charge in [-0.25, -0.2) is 4.98 Å². The zero-order valence-corrected chi connectivity index (χ0v) is 18.8. The lowest BCUT2D eigenvalue weighted by atomic mass is 10.1. The standard InChI is InChI=1S/C23H18ClN3O2S2/c24-15-8-10-16(11-9-15)25-19(28)13-31-23-26-21-20(18(12-30-21)14-6-7-14)22(29)27(23)17-4-2-1-3-5-17/h1-5,8-12,14H,6-7,13H2,(H,25,28). The predicted octanol–water partition coefficient (Wildman–Crippen LogP) is 5.71. The van der Waals surface area contributed by atoms with Gasteiger partial charge in [0, 0.05) is 10.7 Å². The highest BCUT2D eigenvalue weighted by Gasteiger charge is 2.29. The Morgan fingerprint density at radius 2 is 1.90 bits per heavy atom. The Hall–Kier alpha value is -2.61. The van der Waals surface area contributed by atoms with Gasteiger partial charge in [-0.15, -0.1) is 11.3 Å². The Morgan fingerprint density at radius 1 is 1.16 bits per heavy atom. The average molecular weight is 468 g/mol. The van der Waals surface area contributed by atoms with Gasteiger partial charge in [0.1, 0.15) is 4.83 Å². The summed E-state index contributed by atoms with van der Waals surface area (Å²) in [6, 6.07) is 16.4. The lowest BCUT2D eigenvalue weighted by Crippen LogP contribution is -2.23. The van der Waals surface area contributed by atoms with Crippen LogP contribution >= 0.6 is 34.7 Å². The molecule has 1 aliphatic carbocycles. The molecule has 0 radical (unpaired) electrons. The molecule has 2 aromatic heterocycles. The zero-order chi connectivity index (χ0) is 21.4. The number of halogens is 1. The van der Waals surface area contributed by atoms with E-state index >= 15 is 0 Å². The van der Waals surface area contributed by atoms with Crippen LogP contribution in [0, 0.1) is 0 Å². The minimum absolute atomic E-state index is 0.0695. The van der Waals surface area contributed by atoms with Gasteiger partial charge in [0.25, 0.3) is 5.56 Å². The van der Waals surface area contributed by atoms with Crippen LogP contribution in [0.1, 0.15) is 24.3 Å². The van der Waals surface area contributed by atoms with Crippen LogP contribution in [0.4, 0.5) is 5.69 Å². The van der Waals surface area contributed by atoms with E-state index in [0.29, 0.717) is 27.2 Å². The molecule has 1 aliphatic rings. The van der Waals surface area contributed by atoms with Gasteiger partial charge in [-0.2, -0.15) is 0 Å². The first-order valence-electron chi connectivity index (χ1n) is 9.88. The maximum atomic E-state index is 13.5. The fourth-order valence-corrected chi connectivity index (χ4v) is 5.45. The quantitative estimate of drug-likeness (QED) is 0.291. The minimum atomic E-state index is -0.175. The number of thioether (sulfide) groups is 1. The Bertz CT molecular complexity index is 1310. The van der Waals surface area contributed by atoms with E-state index in [9.17, 15) is 9.59 Å². The zero-order valence-electron chi connectivity index (χ0n) is 16.4. The number of nitrogens with zero attached hydrogens (tertiary/aromatic N) is 2. The summed E-state index contributed by atoms with van der Waals surface area (Å²) in [5, 5.41) is 6.75. The summed E-state index contributed by atoms with van der Waals surface area (Å²) in [5.41, 5.74) is 2.46. The molecule has 1 amide bonds. The van der Waals surface area contributed by atoms with E-state index in [4.69, 9.17) is 16.6 Å². The maximum Gasteiger partial charge on any atom is 0.267 e. The number of amides is 1. The third-order valence-corrected chi connectivity index (χ3v) is 7.18. The number of nitrogens with one attached hydrogen (secondary N) is 1. The first-order chi connectivity index (χ1) is 15.1. The van der Waals surface area contributed by atoms with Gasteiger partial charge in [0.15, 0.2) is 5.16 Å². The van der Waals surface area contributed by atoms with E-state index in [1.54, 1.807) is 28.8 Å². The summed E-state index contributed by atoms with van der Waals surface area (Å²) in [6.45, 7) is 0. The van der Waals surface area contributed by atoms with Crippen LogP contribution in [-0.4, -0.2) is 21.2 Å². The molecule has 5 rings (SSSR count). The number of rotatable bonds is 6. The second-order valence-corrected chi connectivity index (χ2v) is 9.60. The molecule has 2 heterocycles. The molecule has 4 aromatic rings. The van der Waals surface area contributed by atoms with Crippen molar-refractivity contribution in [2.75, 3.05) is 11.1 Å². The van der Waals surface area contributed by atoms with Gasteiger partial charge in [0.2, 0.25) is 5.91 Å². The largest absolute Gasteiger partial charge is 0.325 e. The number of hydrogen-bond acceptors (Lipinski definition) is 5. The molecule has 1 saturated carbocycles. The number of fused-ring (bicyclic) bond motifs is 1. The summed E-state index contributed by atoms with van der Waals surface area (Å²) >= 11 is 8.65. The molecule has 1 fully saturated rings. The number of carbonyl (C=O) groups excluding carboxylic acids is 1. The molecule has 31 heavy (non-hydrogen) atoms. The summed E-state index contributed by atoms with van der Waals surface area (Å²) in [5.74, 6) is 0.427. The second-order valence-electron chi connectivity index (χ2n) is 7.36. The van der Waals surface area contributed by atoms with E-state index in [1.165, 1.54) is 23.1 Å². The summed E-state index contributed by atoms with van der Waals surface area (Å²) in [4.78, 5) is 31.5. The molecule has 0 atom stereocenters. The lowest BCUT2D eigenvalue weighted by Gasteiger charge is -2.12. The van der Waals surface area contributed by atoms with Crippen molar-refractivity contribution in [2.45, 2.75) is 23.9 Å². The van der Waals surface area contributed by atoms with E-state index < -0.39 is 0 Å². The molecule has 1 N–H and O–H groups in total. The Kier molecular flexibility index (Phi) is 5.56. The Balaban J connectivity index is 1.48. The van der Waals surface area contributed by atoms with E-state index in [2.05, 4.69) is 10.7 Å². The number of anilines is 1. The first kappa shape index (κ1) is 20.3. The SMILES string of the molecule is O=C(CSc1nc2scc(C3CC3)c2c(=O)n1-c1ccccc1)Nc1ccc(Cl)cc1. The van der Waals surface area contributed by atoms with Gasteiger partial charge in [0.05, 0.1) is 16.8 Å². The highest BCUT2D eigenvalue weighted by molar-refractivity contribution is 7.99. The van der Waals surface area contributed by atoms with Gasteiger partial charge < -0.3 is 5.32 Å². The van der Waals surface area contributed by atoms with Crippen molar-refractivity contribution < 1.29 is 4.79 Å². The summed E-state index contributed by atoms with van der Waals surface area (Å²) < 4.78 is 1.63. The molecule has 8 heteroatoms. The number of thiophene rings is 1. The normalized spacial score (nSPS) is 13.5. The van der Waals surface area contributed by atoms with Crippen molar-refractivity contribution in [3.63, 3.8) is 0 Å². The second kappa shape index (κ2) is 8.49. The lowest BCUT2D eigenvalue weighted by molar-refractivity contribution is -0.113. The molecule has 0 bridgehead atoms. The minimum Gasteiger partial charge on any atom is -0.325 e. The van der Waals surface area contributed by atoms with Crippen LogP contribution in [0.3, 0.4) is 0 Å². The van der Waals surface area contributed by atoms with Crippen molar-refractivity contribution >= 4 is 56.5 Å². The predicted molar refractivity (Wildman–Crippen MR) is 128 cm³/mol. The molecule has 0 unspecified atom stereocenters. The number of carbonyl (C=O) groups is 1. The monoisotopic (exact) mass is 467 g/mol. The fraction of sp³-hybridized carbons (Fsp3) is 0.174. The van der Waals surface area contributed by atoms with Crippen molar-refractivity contribution in [1.82, 2.24) is 9.55 Å². The maximum absolute atomic E-state index is 13.5. The molecule has 2 aromatic carbocycles. The number of para-hydroxylation sites is 1. The molecule has 0 spiro atoms. The van der Waals surface area contributed by atoms with Gasteiger partial charge in [-0.1, -0.05) is 41.6 Å². The third-order valence-electron chi connectivity index (χ3n) is 5.10. The van der Waals surface area contributed by atoms with Crippen molar-refractivity contribution in [2.24, 2.45) is 0 Å². The van der Waals surface area contributed by atoms with Crippen LogP contribution in [0.2, 0.25) is 5.02 Å². The highest BCUT2D eigenvalue weighted by Crippen LogP contribution is 2.44. The molecule has 5 nitrogen and oxygen atoms in total. The summed E-state index contributed by atoms with van der Waals surface area (Å²) in [7, 11) is 0. The number of aromatic nitrogens is 2. The average Bonchev–Trinajstić information content (AvgIpc) is 3.53. The fourth-order valence-electron chi connectivity index (χ4n) is 3.45. The van der Waals surface area contributed by atoms with E-state index in [0.717, 1.165) is 28.9 Å². The topological polar surface area (TPSA) is 64.0 Å². The van der Waals surface area contributed by atoms with Gasteiger partial charge >= 0.3 is 0 Å². The molecular formula is C23H18ClN3O2S2. The third kappa shape index (κ3) is 4.26. The number of hydrogen-bond donors (Lipinski definition) is 1. The van der Waals surface area contributed by atoms with Crippen LogP contribution in [0.15, 0.2) is 69.9 Å². The molecule has 0 aliphatic heterocycles. The van der Waals surface area contributed by atoms with Crippen molar-refractivity contribution in [1.29, 1.82) is 0 Å². The van der Waals surface area contributed by atoms with Crippen LogP contribution in [0.5, 0.6) is 0 Å². The van der Waals surface area contributed by atoms with Crippen LogP contribution in [0.25, 0.3) is 15.9 Å².